The van der Waals surface area contributed by atoms with Crippen LogP contribution in [-0.2, 0) is 18.3 Å². The highest BCUT2D eigenvalue weighted by Gasteiger charge is 2.44. The van der Waals surface area contributed by atoms with Crippen LogP contribution in [0.1, 0.15) is 20.8 Å². The number of hydrogen-bond donors (Lipinski definition) is 6. The molecule has 1 unspecified atom stereocenters. The van der Waals surface area contributed by atoms with Gasteiger partial charge in [0.05, 0.1) is 36.9 Å². The number of rotatable bonds is 12. The Balaban J connectivity index is 0.000000701. The number of halogens is 1. The van der Waals surface area contributed by atoms with Gasteiger partial charge < -0.3 is 44.8 Å². The zero-order valence-corrected chi connectivity index (χ0v) is 22.3. The molecule has 0 aromatic carbocycles. The molecular formula is C17H34ClN6O12P. The number of amides is 4. The predicted octanol–water partition coefficient (Wildman–Crippen LogP) is -0.361. The average molecular weight is 581 g/mol. The van der Waals surface area contributed by atoms with Gasteiger partial charge in [0.1, 0.15) is 30.1 Å². The van der Waals surface area contributed by atoms with Crippen LogP contribution < -0.4 is 10.6 Å². The van der Waals surface area contributed by atoms with E-state index in [0.717, 1.165) is 7.05 Å². The number of nitrogens with one attached hydrogen (secondary N) is 2. The summed E-state index contributed by atoms with van der Waals surface area (Å²) >= 11 is 5.42. The van der Waals surface area contributed by atoms with E-state index in [2.05, 4.69) is 21.2 Å². The monoisotopic (exact) mass is 580 g/mol. The summed E-state index contributed by atoms with van der Waals surface area (Å²) in [4.78, 5) is 43.5. The Kier molecular flexibility index (Phi) is 16.5. The van der Waals surface area contributed by atoms with Crippen LogP contribution in [0.4, 0.5) is 9.59 Å². The number of alkyl halides is 1. The van der Waals surface area contributed by atoms with E-state index in [9.17, 15) is 39.3 Å². The number of carbonyl (C=O) groups excluding carboxylic acids is 2. The van der Waals surface area contributed by atoms with Crippen LogP contribution in [0, 0.1) is 9.81 Å². The van der Waals surface area contributed by atoms with Gasteiger partial charge in [0, 0.05) is 12.9 Å². The van der Waals surface area contributed by atoms with E-state index in [0.29, 0.717) is 10.0 Å². The van der Waals surface area contributed by atoms with Crippen molar-refractivity contribution < 1.29 is 48.4 Å². The van der Waals surface area contributed by atoms with Crippen LogP contribution in [-0.4, -0.2) is 118 Å². The Morgan fingerprint density at radius 1 is 1.11 bits per heavy atom. The number of urea groups is 2. The van der Waals surface area contributed by atoms with E-state index in [1.807, 2.05) is 0 Å². The molecular weight excluding hydrogens is 547 g/mol. The summed E-state index contributed by atoms with van der Waals surface area (Å²) in [5, 5.41) is 47.8. The highest BCUT2D eigenvalue weighted by atomic mass is 35.5. The number of hydrogen-bond acceptors (Lipinski definition) is 14. The van der Waals surface area contributed by atoms with Crippen LogP contribution in [0.15, 0.2) is 10.6 Å². The quantitative estimate of drug-likeness (QED) is 0.0749. The van der Waals surface area contributed by atoms with Gasteiger partial charge in [0.2, 0.25) is 0 Å². The minimum Gasteiger partial charge on any atom is -0.394 e. The van der Waals surface area contributed by atoms with Gasteiger partial charge in [0.25, 0.3) is 0 Å². The van der Waals surface area contributed by atoms with E-state index >= 15 is 0 Å². The lowest BCUT2D eigenvalue weighted by atomic mass is 9.97. The molecule has 0 aliphatic carbocycles. The molecule has 6 atom stereocenters. The molecule has 1 aliphatic rings. The van der Waals surface area contributed by atoms with Crippen LogP contribution >= 0.6 is 19.2 Å². The third-order valence-corrected chi connectivity index (χ3v) is 7.14. The molecule has 37 heavy (non-hydrogen) atoms. The molecule has 0 bridgehead atoms. The number of aliphatic hydroxyl groups is 4. The van der Waals surface area contributed by atoms with Crippen molar-refractivity contribution in [3.63, 3.8) is 0 Å². The molecule has 0 radical (unpaired) electrons. The summed E-state index contributed by atoms with van der Waals surface area (Å²) in [6.07, 6.45) is -5.84. The fourth-order valence-electron chi connectivity index (χ4n) is 2.74. The van der Waals surface area contributed by atoms with Crippen molar-refractivity contribution in [1.29, 1.82) is 0 Å². The Morgan fingerprint density at radius 2 is 1.68 bits per heavy atom. The first kappa shape index (κ1) is 35.0. The van der Waals surface area contributed by atoms with Gasteiger partial charge in [-0.15, -0.1) is 21.4 Å². The summed E-state index contributed by atoms with van der Waals surface area (Å²) in [5.74, 6) is -0.846. The van der Waals surface area contributed by atoms with E-state index in [1.54, 1.807) is 13.8 Å². The second kappa shape index (κ2) is 17.5. The van der Waals surface area contributed by atoms with Crippen molar-refractivity contribution in [2.24, 2.45) is 10.6 Å². The molecule has 20 heteroatoms. The van der Waals surface area contributed by atoms with E-state index in [1.165, 1.54) is 6.92 Å². The number of ether oxygens (including phenoxy) is 1. The summed E-state index contributed by atoms with van der Waals surface area (Å²) in [7, 11) is -2.40. The van der Waals surface area contributed by atoms with Crippen LogP contribution in [0.2, 0.25) is 0 Å². The van der Waals surface area contributed by atoms with Gasteiger partial charge in [-0.05, 0) is 20.8 Å². The maximum atomic E-state index is 12.3. The van der Waals surface area contributed by atoms with Gasteiger partial charge in [-0.1, -0.05) is 0 Å². The Hall–Kier alpha value is -2.02. The van der Waals surface area contributed by atoms with E-state index in [-0.39, 0.29) is 25.6 Å². The molecule has 4 amide bonds. The van der Waals surface area contributed by atoms with Crippen molar-refractivity contribution in [1.82, 2.24) is 20.7 Å². The fraction of sp³-hybridized carbons (Fsp3) is 0.882. The zero-order valence-electron chi connectivity index (χ0n) is 20.7. The third kappa shape index (κ3) is 10.7. The average Bonchev–Trinajstić information content (AvgIpc) is 2.87. The first-order valence-electron chi connectivity index (χ1n) is 10.9. The minimum absolute atomic E-state index is 0.0445. The maximum Gasteiger partial charge on any atom is 0.352 e. The predicted molar refractivity (Wildman–Crippen MR) is 128 cm³/mol. The highest BCUT2D eigenvalue weighted by Crippen LogP contribution is 2.51. The molecule has 0 aromatic rings. The number of nitrogens with zero attached hydrogens (tertiary/aromatic N) is 4. The fourth-order valence-corrected chi connectivity index (χ4v) is 4.41. The summed E-state index contributed by atoms with van der Waals surface area (Å²) in [5.41, 5.74) is 0. The summed E-state index contributed by atoms with van der Waals surface area (Å²) in [6, 6.07) is -3.13. The van der Waals surface area contributed by atoms with Gasteiger partial charge in [0.15, 0.2) is 6.29 Å². The van der Waals surface area contributed by atoms with Gasteiger partial charge in [-0.2, -0.15) is 10.0 Å². The lowest BCUT2D eigenvalue weighted by Crippen LogP contribution is -2.64. The number of aliphatic hydroxyl groups excluding tert-OH is 4. The Labute approximate surface area is 217 Å². The van der Waals surface area contributed by atoms with Gasteiger partial charge in [-0.25, -0.2) is 9.59 Å². The van der Waals surface area contributed by atoms with Crippen molar-refractivity contribution >= 4 is 31.3 Å². The molecule has 0 saturated carbocycles. The molecule has 1 heterocycles. The lowest BCUT2D eigenvalue weighted by molar-refractivity contribution is -0.252. The van der Waals surface area contributed by atoms with Crippen molar-refractivity contribution in [2.75, 3.05) is 39.3 Å². The lowest BCUT2D eigenvalue weighted by Gasteiger charge is -2.40. The SMILES string of the molecule is CCOP(=O)(OCC)C(C)NC(=O)N(CCCl)N=O.CN(N=O)C(=O)N[C@@H]1[C@@H](O)[C@H](O)[C@@H](CO)O[C@@H]1O. The smallest absolute Gasteiger partial charge is 0.352 e. The molecule has 1 aliphatic heterocycles. The first-order chi connectivity index (χ1) is 17.4. The third-order valence-electron chi connectivity index (χ3n) is 4.66. The Bertz CT molecular complexity index is 775. The van der Waals surface area contributed by atoms with Crippen LogP contribution in [0.5, 0.6) is 0 Å². The number of carbonyl (C=O) groups is 2. The van der Waals surface area contributed by atoms with Crippen LogP contribution in [0.25, 0.3) is 0 Å². The molecule has 18 nitrogen and oxygen atoms in total. The Morgan fingerprint density at radius 3 is 2.11 bits per heavy atom. The molecule has 1 fully saturated rings. The molecule has 1 saturated heterocycles. The first-order valence-corrected chi connectivity index (χ1v) is 13.1. The highest BCUT2D eigenvalue weighted by molar-refractivity contribution is 7.54. The summed E-state index contributed by atoms with van der Waals surface area (Å²) < 4.78 is 27.2. The molecule has 216 valence electrons. The second-order valence-electron chi connectivity index (χ2n) is 7.20. The largest absolute Gasteiger partial charge is 0.394 e. The number of nitroso groups, excluding NO2 is 2. The van der Waals surface area contributed by atoms with Gasteiger partial charge >= 0.3 is 19.7 Å². The molecule has 1 rings (SSSR count). The molecule has 0 aromatic heterocycles. The topological polar surface area (TPSA) is 249 Å². The van der Waals surface area contributed by atoms with E-state index in [4.69, 9.17) is 30.5 Å². The second-order valence-corrected chi connectivity index (χ2v) is 9.95. The van der Waals surface area contributed by atoms with E-state index < -0.39 is 62.7 Å². The van der Waals surface area contributed by atoms with Crippen LogP contribution in [0.3, 0.4) is 0 Å². The summed E-state index contributed by atoms with van der Waals surface area (Å²) in [6.45, 7) is 4.49. The standard InChI is InChI=1S/C9H19ClN3O5P.C8H15N3O7/c1-4-17-19(16,18-5-2)8(3)11-9(14)13(12-15)7-6-10;1-11(10-17)8(16)9-4-6(14)5(13)3(2-12)18-7(4)15/h8H,4-7H2,1-3H3,(H,11,14);3-7,12-15H,2H2,1H3,(H,9,16)/t;3-,4-,5-,6-,7+/m.1/s1. The molecule has 6 N–H and O–H groups in total. The molecule has 0 spiro atoms. The normalized spacial score (nSPS) is 24.1. The minimum atomic E-state index is -3.47. The zero-order chi connectivity index (χ0) is 28.8. The maximum absolute atomic E-state index is 12.3. The van der Waals surface area contributed by atoms with Crippen molar-refractivity contribution in [3.05, 3.63) is 9.81 Å². The van der Waals surface area contributed by atoms with Crippen molar-refractivity contribution in [3.8, 4) is 0 Å². The van der Waals surface area contributed by atoms with Gasteiger partial charge in [-0.3, -0.25) is 4.57 Å². The van der Waals surface area contributed by atoms with Crippen molar-refractivity contribution in [2.45, 2.75) is 57.2 Å².